The molecule has 4 heterocycles. The summed E-state index contributed by atoms with van der Waals surface area (Å²) < 4.78 is 27.3. The number of para-hydroxylation sites is 1. The monoisotopic (exact) mass is 540 g/mol. The van der Waals surface area contributed by atoms with E-state index in [0.29, 0.717) is 21.9 Å². The van der Waals surface area contributed by atoms with Crippen molar-refractivity contribution < 1.29 is 28.2 Å². The smallest absolute Gasteiger partial charge is 0.412 e. The summed E-state index contributed by atoms with van der Waals surface area (Å²) in [7, 11) is 0. The van der Waals surface area contributed by atoms with Crippen molar-refractivity contribution in [2.45, 2.75) is 13.5 Å². The third kappa shape index (κ3) is 4.04. The Morgan fingerprint density at radius 1 is 1.15 bits per heavy atom. The van der Waals surface area contributed by atoms with Crippen LogP contribution in [-0.4, -0.2) is 38.3 Å². The summed E-state index contributed by atoms with van der Waals surface area (Å²) in [4.78, 5) is 44.9. The third-order valence-corrected chi connectivity index (χ3v) is 6.64. The largest absolute Gasteiger partial charge is 0.477 e. The number of hydrogen-bond acceptors (Lipinski definition) is 6. The molecule has 3 N–H and O–H groups in total. The van der Waals surface area contributed by atoms with Crippen molar-refractivity contribution in [3.63, 3.8) is 0 Å². The molecule has 0 bridgehead atoms. The average molecular weight is 541 g/mol. The molecule has 0 aliphatic carbocycles. The van der Waals surface area contributed by atoms with Crippen molar-refractivity contribution in [2.24, 2.45) is 0 Å². The Morgan fingerprint density at radius 3 is 2.75 bits per heavy atom. The van der Waals surface area contributed by atoms with E-state index >= 15 is 4.39 Å². The number of halogens is 1. The number of aromatic amines is 1. The third-order valence-electron chi connectivity index (χ3n) is 6.64. The number of ether oxygens (including phenoxy) is 1. The lowest BCUT2D eigenvalue weighted by atomic mass is 10.0. The van der Waals surface area contributed by atoms with Crippen LogP contribution < -0.4 is 10.9 Å². The Morgan fingerprint density at radius 2 is 1.98 bits per heavy atom. The van der Waals surface area contributed by atoms with E-state index in [2.05, 4.69) is 15.3 Å². The molecular weight excluding hydrogens is 519 g/mol. The zero-order chi connectivity index (χ0) is 28.0. The summed E-state index contributed by atoms with van der Waals surface area (Å²) in [5, 5.41) is 14.2. The Bertz CT molecular complexity index is 2020. The SMILES string of the molecule is CCOC(=O)Nc1cc(Cn2c(C(=O)O)c(-c3ccc[nH]c3=O)c3c4occc4c(F)cc32)c2ccccc2n1. The van der Waals surface area contributed by atoms with Crippen molar-refractivity contribution in [2.75, 3.05) is 11.9 Å². The number of nitrogens with one attached hydrogen (secondary N) is 2. The number of anilines is 1. The molecule has 0 spiro atoms. The molecule has 0 radical (unpaired) electrons. The fourth-order valence-corrected chi connectivity index (χ4v) is 5.06. The number of carbonyl (C=O) groups excluding carboxylic acids is 1. The number of carbonyl (C=O) groups is 2. The molecule has 0 fully saturated rings. The van der Waals surface area contributed by atoms with E-state index in [-0.39, 0.29) is 52.3 Å². The summed E-state index contributed by atoms with van der Waals surface area (Å²) in [5.41, 5.74) is 0.934. The molecule has 4 aromatic heterocycles. The number of amides is 1. The summed E-state index contributed by atoms with van der Waals surface area (Å²) in [6.45, 7) is 1.78. The van der Waals surface area contributed by atoms with E-state index in [1.165, 1.54) is 35.2 Å². The minimum absolute atomic E-state index is 0.0605. The van der Waals surface area contributed by atoms with Gasteiger partial charge in [0.05, 0.1) is 40.2 Å². The Hall–Kier alpha value is -5.45. The maximum Gasteiger partial charge on any atom is 0.412 e. The first-order valence-electron chi connectivity index (χ1n) is 12.3. The van der Waals surface area contributed by atoms with E-state index in [1.54, 1.807) is 37.3 Å². The molecule has 200 valence electrons. The molecule has 0 saturated carbocycles. The molecule has 0 saturated heterocycles. The summed E-state index contributed by atoms with van der Waals surface area (Å²) in [6.07, 6.45) is 2.06. The highest BCUT2D eigenvalue weighted by Crippen LogP contribution is 2.40. The van der Waals surface area contributed by atoms with Crippen LogP contribution in [0.2, 0.25) is 0 Å². The van der Waals surface area contributed by atoms with Gasteiger partial charge in [0.15, 0.2) is 0 Å². The number of H-pyrrole nitrogens is 1. The highest BCUT2D eigenvalue weighted by atomic mass is 19.1. The zero-order valence-corrected chi connectivity index (χ0v) is 21.0. The van der Waals surface area contributed by atoms with E-state index < -0.39 is 23.4 Å². The van der Waals surface area contributed by atoms with Crippen LogP contribution in [0, 0.1) is 5.82 Å². The highest BCUT2D eigenvalue weighted by Gasteiger charge is 2.29. The highest BCUT2D eigenvalue weighted by molar-refractivity contribution is 6.17. The molecule has 6 aromatic rings. The quantitative estimate of drug-likeness (QED) is 0.245. The summed E-state index contributed by atoms with van der Waals surface area (Å²) >= 11 is 0. The predicted octanol–water partition coefficient (Wildman–Crippen LogP) is 5.75. The minimum Gasteiger partial charge on any atom is -0.477 e. The molecule has 11 heteroatoms. The van der Waals surface area contributed by atoms with Gasteiger partial charge in [0.1, 0.15) is 22.9 Å². The maximum absolute atomic E-state index is 15.3. The van der Waals surface area contributed by atoms with Crippen LogP contribution in [0.4, 0.5) is 15.0 Å². The number of aromatic nitrogens is 3. The Labute approximate surface area is 224 Å². The fraction of sp³-hybridized carbons (Fsp3) is 0.103. The number of pyridine rings is 2. The van der Waals surface area contributed by atoms with Crippen LogP contribution in [0.25, 0.3) is 43.9 Å². The van der Waals surface area contributed by atoms with Gasteiger partial charge in [-0.2, -0.15) is 0 Å². The second kappa shape index (κ2) is 9.70. The maximum atomic E-state index is 15.3. The number of carboxylic acid groups (broad SMARTS) is 1. The van der Waals surface area contributed by atoms with Gasteiger partial charge in [0, 0.05) is 23.7 Å². The van der Waals surface area contributed by atoms with Crippen molar-refractivity contribution >= 4 is 50.7 Å². The fourth-order valence-electron chi connectivity index (χ4n) is 5.06. The molecule has 10 nitrogen and oxygen atoms in total. The first kappa shape index (κ1) is 24.9. The molecule has 40 heavy (non-hydrogen) atoms. The first-order chi connectivity index (χ1) is 19.4. The lowest BCUT2D eigenvalue weighted by Gasteiger charge is -2.14. The second-order valence-corrected chi connectivity index (χ2v) is 8.97. The molecule has 0 atom stereocenters. The predicted molar refractivity (Wildman–Crippen MR) is 146 cm³/mol. The van der Waals surface area contributed by atoms with Gasteiger partial charge in [-0.25, -0.2) is 19.0 Å². The number of hydrogen-bond donors (Lipinski definition) is 3. The van der Waals surface area contributed by atoms with Crippen molar-refractivity contribution in [3.05, 3.63) is 94.5 Å². The van der Waals surface area contributed by atoms with Crippen LogP contribution in [0.5, 0.6) is 0 Å². The van der Waals surface area contributed by atoms with Crippen molar-refractivity contribution in [1.29, 1.82) is 0 Å². The van der Waals surface area contributed by atoms with Crippen molar-refractivity contribution in [1.82, 2.24) is 14.5 Å². The minimum atomic E-state index is -1.32. The number of aromatic carboxylic acids is 1. The Balaban J connectivity index is 1.67. The van der Waals surface area contributed by atoms with E-state index in [1.807, 2.05) is 6.07 Å². The molecule has 0 unspecified atom stereocenters. The van der Waals surface area contributed by atoms with Crippen LogP contribution >= 0.6 is 0 Å². The number of nitrogens with zero attached hydrogens (tertiary/aromatic N) is 2. The average Bonchev–Trinajstić information content (AvgIpc) is 3.53. The zero-order valence-electron chi connectivity index (χ0n) is 21.0. The van der Waals surface area contributed by atoms with Crippen molar-refractivity contribution in [3.8, 4) is 11.1 Å². The summed E-state index contributed by atoms with van der Waals surface area (Å²) in [6, 6.07) is 14.5. The van der Waals surface area contributed by atoms with Crippen LogP contribution in [0.1, 0.15) is 23.0 Å². The van der Waals surface area contributed by atoms with Gasteiger partial charge in [-0.3, -0.25) is 10.1 Å². The van der Waals surface area contributed by atoms with Gasteiger partial charge in [-0.1, -0.05) is 18.2 Å². The van der Waals surface area contributed by atoms with Crippen LogP contribution in [0.3, 0.4) is 0 Å². The standard InChI is InChI=1S/C29H21FN4O6/c1-2-39-29(38)33-22-12-15(16-6-3-4-8-20(16)32-22)14-34-21-13-19(30)17-9-11-40-26(17)24(21)23(25(34)28(36)37)18-7-5-10-31-27(18)35/h3-13H,2,14H2,1H3,(H,31,35)(H,36,37)(H,32,33,38). The second-order valence-electron chi connectivity index (χ2n) is 8.97. The number of fused-ring (bicyclic) bond motifs is 4. The molecule has 1 amide bonds. The molecule has 2 aromatic carbocycles. The van der Waals surface area contributed by atoms with Gasteiger partial charge >= 0.3 is 12.1 Å². The molecule has 6 rings (SSSR count). The van der Waals surface area contributed by atoms with Gasteiger partial charge in [0.2, 0.25) is 0 Å². The lowest BCUT2D eigenvalue weighted by Crippen LogP contribution is -2.16. The van der Waals surface area contributed by atoms with Gasteiger partial charge in [0.25, 0.3) is 5.56 Å². The van der Waals surface area contributed by atoms with Gasteiger partial charge in [-0.05, 0) is 48.9 Å². The lowest BCUT2D eigenvalue weighted by molar-refractivity contribution is 0.0687. The van der Waals surface area contributed by atoms with E-state index in [9.17, 15) is 19.5 Å². The molecular formula is C29H21FN4O6. The first-order valence-corrected chi connectivity index (χ1v) is 12.3. The number of furan rings is 1. The summed E-state index contributed by atoms with van der Waals surface area (Å²) in [5.74, 6) is -1.73. The van der Waals surface area contributed by atoms with Gasteiger partial charge < -0.3 is 23.8 Å². The van der Waals surface area contributed by atoms with E-state index in [0.717, 1.165) is 0 Å². The number of rotatable bonds is 6. The van der Waals surface area contributed by atoms with Gasteiger partial charge in [-0.15, -0.1) is 0 Å². The normalized spacial score (nSPS) is 11.3. The molecule has 0 aliphatic heterocycles. The number of benzene rings is 2. The number of carboxylic acids is 1. The van der Waals surface area contributed by atoms with Crippen LogP contribution in [0.15, 0.2) is 76.3 Å². The van der Waals surface area contributed by atoms with Crippen LogP contribution in [-0.2, 0) is 11.3 Å². The Kier molecular flexibility index (Phi) is 6.03. The topological polar surface area (TPSA) is 139 Å². The van der Waals surface area contributed by atoms with E-state index in [4.69, 9.17) is 9.15 Å². The molecule has 0 aliphatic rings.